The smallest absolute Gasteiger partial charge is 0.143 e. The topological polar surface area (TPSA) is 70.7 Å². The summed E-state index contributed by atoms with van der Waals surface area (Å²) in [6, 6.07) is 16.0. The van der Waals surface area contributed by atoms with E-state index in [0.29, 0.717) is 0 Å². The van der Waals surface area contributed by atoms with Gasteiger partial charge in [-0.05, 0) is 80.0 Å². The third kappa shape index (κ3) is 3.69. The minimum Gasteiger partial charge on any atom is -0.301 e. The van der Waals surface area contributed by atoms with Crippen LogP contribution in [-0.4, -0.2) is 27.0 Å². The van der Waals surface area contributed by atoms with Crippen molar-refractivity contribution in [1.29, 1.82) is 0 Å². The molecule has 2 aromatic heterocycles. The number of H-pyrrole nitrogens is 1. The van der Waals surface area contributed by atoms with Crippen molar-refractivity contribution in [2.45, 2.75) is 56.5 Å². The van der Waals surface area contributed by atoms with Crippen LogP contribution in [0.3, 0.4) is 0 Å². The van der Waals surface area contributed by atoms with Gasteiger partial charge in [-0.15, -0.1) is 0 Å². The number of carbonyl (C=O) groups excluding carboxylic acids is 1. The van der Waals surface area contributed by atoms with Gasteiger partial charge >= 0.3 is 0 Å². The quantitative estimate of drug-likeness (QED) is 0.529. The molecule has 7 rings (SSSR count). The highest BCUT2D eigenvalue weighted by Gasteiger charge is 2.51. The van der Waals surface area contributed by atoms with Crippen LogP contribution in [0.15, 0.2) is 54.7 Å². The lowest BCUT2D eigenvalue weighted by atomic mass is 9.53. The highest BCUT2D eigenvalue weighted by molar-refractivity contribution is 5.70. The van der Waals surface area contributed by atoms with Crippen LogP contribution in [-0.2, 0) is 11.2 Å². The first-order valence-electron chi connectivity index (χ1n) is 12.0. The van der Waals surface area contributed by atoms with E-state index in [4.69, 9.17) is 0 Å². The fraction of sp³-hybridized carbons (Fsp3) is 0.444. The van der Waals surface area contributed by atoms with E-state index < -0.39 is 6.04 Å². The number of aldehydes is 1. The highest BCUT2D eigenvalue weighted by atomic mass is 16.1. The third-order valence-electron chi connectivity index (χ3n) is 7.91. The Morgan fingerprint density at radius 2 is 1.75 bits per heavy atom. The van der Waals surface area contributed by atoms with E-state index in [9.17, 15) is 4.79 Å². The lowest BCUT2D eigenvalue weighted by Gasteiger charge is -2.57. The monoisotopic (exact) mass is 426 g/mol. The molecule has 0 saturated heterocycles. The second kappa shape index (κ2) is 7.96. The van der Waals surface area contributed by atoms with Gasteiger partial charge < -0.3 is 4.79 Å². The second-order valence-electron chi connectivity index (χ2n) is 10.3. The molecule has 5 nitrogen and oxygen atoms in total. The Morgan fingerprint density at radius 3 is 2.44 bits per heavy atom. The maximum atomic E-state index is 12.3. The third-order valence-corrected chi connectivity index (χ3v) is 7.91. The SMILES string of the molecule is O=CC(NC12CC3CC(CC(C3)C1)C2)c1ncccc1-c1cc(Cc2ccccc2)[nH]n1. The molecular weight excluding hydrogens is 396 g/mol. The van der Waals surface area contributed by atoms with Gasteiger partial charge in [0.25, 0.3) is 0 Å². The normalized spacial score (nSPS) is 29.2. The molecule has 0 aliphatic heterocycles. The van der Waals surface area contributed by atoms with Crippen LogP contribution in [0.4, 0.5) is 0 Å². The zero-order chi connectivity index (χ0) is 21.5. The summed E-state index contributed by atoms with van der Waals surface area (Å²) < 4.78 is 0. The lowest BCUT2D eigenvalue weighted by Crippen LogP contribution is -2.59. The van der Waals surface area contributed by atoms with Crippen LogP contribution in [0.25, 0.3) is 11.3 Å². The van der Waals surface area contributed by atoms with Crippen molar-refractivity contribution in [3.05, 3.63) is 71.7 Å². The van der Waals surface area contributed by atoms with Crippen LogP contribution < -0.4 is 5.32 Å². The molecule has 1 aromatic carbocycles. The van der Waals surface area contributed by atoms with Gasteiger partial charge in [0.05, 0.1) is 11.4 Å². The first kappa shape index (κ1) is 19.9. The molecule has 1 unspecified atom stereocenters. The van der Waals surface area contributed by atoms with Crippen LogP contribution >= 0.6 is 0 Å². The Labute approximate surface area is 189 Å². The number of aromatic nitrogens is 3. The lowest BCUT2D eigenvalue weighted by molar-refractivity contribution is -0.111. The number of pyridine rings is 1. The summed E-state index contributed by atoms with van der Waals surface area (Å²) in [5.74, 6) is 2.49. The second-order valence-corrected chi connectivity index (χ2v) is 10.3. The van der Waals surface area contributed by atoms with E-state index in [1.54, 1.807) is 6.20 Å². The first-order valence-corrected chi connectivity index (χ1v) is 12.0. The number of hydrogen-bond donors (Lipinski definition) is 2. The predicted molar refractivity (Wildman–Crippen MR) is 124 cm³/mol. The summed E-state index contributed by atoms with van der Waals surface area (Å²) >= 11 is 0. The summed E-state index contributed by atoms with van der Waals surface area (Å²) in [4.78, 5) is 17.0. The van der Waals surface area contributed by atoms with Crippen LogP contribution in [0.2, 0.25) is 0 Å². The molecule has 2 N–H and O–H groups in total. The first-order chi connectivity index (χ1) is 15.7. The Balaban J connectivity index is 1.27. The fourth-order valence-electron chi connectivity index (χ4n) is 7.07. The molecule has 4 bridgehead atoms. The van der Waals surface area contributed by atoms with Gasteiger partial charge in [-0.2, -0.15) is 5.10 Å². The standard InChI is InChI=1S/C27H30N4O/c32-17-25(29-27-14-19-9-20(15-27)11-21(10-19)16-27)26-23(7-4-8-28-26)24-13-22(30-31-24)12-18-5-2-1-3-6-18/h1-8,13,17,19-21,25,29H,9-12,14-16H2,(H,30,31). The van der Waals surface area contributed by atoms with Crippen molar-refractivity contribution in [2.24, 2.45) is 17.8 Å². The summed E-state index contributed by atoms with van der Waals surface area (Å²) in [5.41, 5.74) is 4.95. The molecule has 4 fully saturated rings. The number of nitrogens with one attached hydrogen (secondary N) is 2. The number of aromatic amines is 1. The van der Waals surface area contributed by atoms with Crippen molar-refractivity contribution in [1.82, 2.24) is 20.5 Å². The molecule has 0 radical (unpaired) electrons. The van der Waals surface area contributed by atoms with Crippen molar-refractivity contribution in [2.75, 3.05) is 0 Å². The number of rotatable bonds is 7. The zero-order valence-corrected chi connectivity index (χ0v) is 18.3. The molecular formula is C27H30N4O. The minimum absolute atomic E-state index is 0.0964. The summed E-state index contributed by atoms with van der Waals surface area (Å²) in [6.07, 6.45) is 11.4. The van der Waals surface area contributed by atoms with E-state index in [1.165, 1.54) is 44.1 Å². The molecule has 0 amide bonds. The molecule has 1 atom stereocenters. The predicted octanol–water partition coefficient (Wildman–Crippen LogP) is 4.86. The molecule has 3 aromatic rings. The van der Waals surface area contributed by atoms with E-state index >= 15 is 0 Å². The van der Waals surface area contributed by atoms with E-state index in [0.717, 1.165) is 53.1 Å². The summed E-state index contributed by atoms with van der Waals surface area (Å²) in [7, 11) is 0. The maximum Gasteiger partial charge on any atom is 0.143 e. The number of carbonyl (C=O) groups is 1. The Morgan fingerprint density at radius 1 is 1.03 bits per heavy atom. The van der Waals surface area contributed by atoms with Crippen LogP contribution in [0, 0.1) is 17.8 Å². The Kier molecular flexibility index (Phi) is 4.94. The van der Waals surface area contributed by atoms with Crippen LogP contribution in [0.5, 0.6) is 0 Å². The molecule has 32 heavy (non-hydrogen) atoms. The van der Waals surface area contributed by atoms with E-state index in [2.05, 4.69) is 50.8 Å². The number of hydrogen-bond acceptors (Lipinski definition) is 4. The van der Waals surface area contributed by atoms with Gasteiger partial charge in [0, 0.05) is 29.4 Å². The molecule has 4 aliphatic carbocycles. The molecule has 164 valence electrons. The van der Waals surface area contributed by atoms with Gasteiger partial charge in [0.15, 0.2) is 0 Å². The molecule has 5 heteroatoms. The largest absolute Gasteiger partial charge is 0.301 e. The van der Waals surface area contributed by atoms with Crippen molar-refractivity contribution >= 4 is 6.29 Å². The molecule has 4 aliphatic rings. The minimum atomic E-state index is -0.406. The van der Waals surface area contributed by atoms with E-state index in [1.807, 2.05) is 18.2 Å². The Hall–Kier alpha value is -2.79. The average molecular weight is 427 g/mol. The van der Waals surface area contributed by atoms with Gasteiger partial charge in [-0.25, -0.2) is 0 Å². The van der Waals surface area contributed by atoms with Crippen LogP contribution in [0.1, 0.15) is 61.5 Å². The maximum absolute atomic E-state index is 12.3. The number of nitrogens with zero attached hydrogens (tertiary/aromatic N) is 2. The van der Waals surface area contributed by atoms with Crippen molar-refractivity contribution < 1.29 is 4.79 Å². The van der Waals surface area contributed by atoms with Gasteiger partial charge in [0.1, 0.15) is 12.3 Å². The number of benzene rings is 1. The average Bonchev–Trinajstić information content (AvgIpc) is 3.25. The van der Waals surface area contributed by atoms with E-state index in [-0.39, 0.29) is 5.54 Å². The molecule has 4 saturated carbocycles. The summed E-state index contributed by atoms with van der Waals surface area (Å²) in [6.45, 7) is 0. The summed E-state index contributed by atoms with van der Waals surface area (Å²) in [5, 5.41) is 11.6. The van der Waals surface area contributed by atoms with Crippen molar-refractivity contribution in [3.8, 4) is 11.3 Å². The molecule has 2 heterocycles. The zero-order valence-electron chi connectivity index (χ0n) is 18.3. The fourth-order valence-corrected chi connectivity index (χ4v) is 7.07. The highest BCUT2D eigenvalue weighted by Crippen LogP contribution is 2.56. The van der Waals surface area contributed by atoms with Crippen molar-refractivity contribution in [3.63, 3.8) is 0 Å². The van der Waals surface area contributed by atoms with Gasteiger partial charge in [-0.3, -0.25) is 15.4 Å². The van der Waals surface area contributed by atoms with Gasteiger partial charge in [0.2, 0.25) is 0 Å². The van der Waals surface area contributed by atoms with Gasteiger partial charge in [-0.1, -0.05) is 30.3 Å². The Bertz CT molecular complexity index is 1070. The molecule has 0 spiro atoms.